The lowest BCUT2D eigenvalue weighted by Crippen LogP contribution is -2.37. The normalized spacial score (nSPS) is 13.4. The summed E-state index contributed by atoms with van der Waals surface area (Å²) in [5.74, 6) is 0.199. The van der Waals surface area contributed by atoms with E-state index in [0.29, 0.717) is 5.39 Å². The van der Waals surface area contributed by atoms with Gasteiger partial charge in [0.25, 0.3) is 0 Å². The number of hydrogen-bond acceptors (Lipinski definition) is 6. The monoisotopic (exact) mass is 282 g/mol. The van der Waals surface area contributed by atoms with Crippen LogP contribution >= 0.6 is 0 Å². The van der Waals surface area contributed by atoms with Gasteiger partial charge in [-0.25, -0.2) is 0 Å². The predicted octanol–water partition coefficient (Wildman–Crippen LogP) is 1.29. The van der Waals surface area contributed by atoms with E-state index in [1.807, 2.05) is 18.2 Å². The second-order valence-electron chi connectivity index (χ2n) is 3.96. The largest absolute Gasteiger partial charge is 0.465 e. The van der Waals surface area contributed by atoms with Gasteiger partial charge in [-0.15, -0.1) is 4.28 Å². The molecule has 0 heterocycles. The minimum atomic E-state index is -4.21. The Morgan fingerprint density at radius 2 is 1.84 bits per heavy atom. The summed E-state index contributed by atoms with van der Waals surface area (Å²) in [7, 11) is -4.21. The van der Waals surface area contributed by atoms with Crippen molar-refractivity contribution in [3.05, 3.63) is 42.5 Å². The summed E-state index contributed by atoms with van der Waals surface area (Å²) in [6, 6.07) is 12.4. The van der Waals surface area contributed by atoms with Crippen molar-refractivity contribution in [2.75, 3.05) is 0 Å². The van der Waals surface area contributed by atoms with Crippen molar-refractivity contribution in [1.29, 1.82) is 0 Å². The molecule has 0 amide bonds. The molecule has 0 aliphatic rings. The molecule has 0 radical (unpaired) electrons. The highest BCUT2D eigenvalue weighted by atomic mass is 32.3. The molecule has 0 bridgehead atoms. The highest BCUT2D eigenvalue weighted by Crippen LogP contribution is 2.26. The zero-order chi connectivity index (χ0) is 13.9. The topological polar surface area (TPSA) is 90.6 Å². The number of nitrogens with two attached hydrogens (primary N) is 1. The van der Waals surface area contributed by atoms with Gasteiger partial charge in [-0.3, -0.25) is 0 Å². The first-order valence-electron chi connectivity index (χ1n) is 5.60. The second-order valence-corrected chi connectivity index (χ2v) is 5.11. The van der Waals surface area contributed by atoms with Crippen LogP contribution in [0.25, 0.3) is 10.8 Å². The summed E-state index contributed by atoms with van der Waals surface area (Å²) in [5, 5.41) is 1.55. The van der Waals surface area contributed by atoms with Crippen molar-refractivity contribution < 1.29 is 16.9 Å². The third-order valence-electron chi connectivity index (χ3n) is 2.28. The Kier molecular flexibility index (Phi) is 4.01. The van der Waals surface area contributed by atoms with Gasteiger partial charge in [-0.05, 0) is 18.4 Å². The molecule has 2 rings (SSSR count). The van der Waals surface area contributed by atoms with Gasteiger partial charge in [0.05, 0.1) is 6.17 Å². The van der Waals surface area contributed by atoms with Crippen molar-refractivity contribution in [1.82, 2.24) is 5.48 Å². The van der Waals surface area contributed by atoms with E-state index >= 15 is 0 Å². The summed E-state index contributed by atoms with van der Waals surface area (Å²) < 4.78 is 32.5. The molecule has 2 aromatic rings. The van der Waals surface area contributed by atoms with Crippen LogP contribution in [0.15, 0.2) is 42.5 Å². The van der Waals surface area contributed by atoms with E-state index in [2.05, 4.69) is 9.76 Å². The molecule has 19 heavy (non-hydrogen) atoms. The maximum atomic E-state index is 11.6. The molecule has 0 fully saturated rings. The number of fused-ring (bicyclic) bond motifs is 1. The van der Waals surface area contributed by atoms with E-state index in [4.69, 9.17) is 9.92 Å². The molecule has 0 aromatic heterocycles. The fourth-order valence-corrected chi connectivity index (χ4v) is 2.20. The van der Waals surface area contributed by atoms with E-state index in [1.165, 1.54) is 6.92 Å². The lowest BCUT2D eigenvalue weighted by Gasteiger charge is -2.10. The Bertz CT molecular complexity index is 665. The van der Waals surface area contributed by atoms with Crippen LogP contribution in [-0.2, 0) is 14.7 Å². The van der Waals surface area contributed by atoms with Crippen molar-refractivity contribution in [2.45, 2.75) is 13.1 Å². The molecule has 1 atom stereocenters. The number of rotatable bonds is 5. The van der Waals surface area contributed by atoms with Gasteiger partial charge < -0.3 is 9.92 Å². The number of hydrogen-bond donors (Lipinski definition) is 2. The van der Waals surface area contributed by atoms with Crippen molar-refractivity contribution in [2.24, 2.45) is 5.73 Å². The van der Waals surface area contributed by atoms with E-state index < -0.39 is 16.6 Å². The zero-order valence-electron chi connectivity index (χ0n) is 10.2. The predicted molar refractivity (Wildman–Crippen MR) is 71.4 cm³/mol. The maximum absolute atomic E-state index is 11.6. The van der Waals surface area contributed by atoms with Crippen LogP contribution in [0.5, 0.6) is 5.75 Å². The van der Waals surface area contributed by atoms with Crippen LogP contribution in [-0.4, -0.2) is 14.6 Å². The van der Waals surface area contributed by atoms with Crippen LogP contribution in [0.3, 0.4) is 0 Å². The first kappa shape index (κ1) is 13.8. The second kappa shape index (κ2) is 5.54. The van der Waals surface area contributed by atoms with Crippen LogP contribution in [0.2, 0.25) is 0 Å². The quantitative estimate of drug-likeness (QED) is 0.634. The third-order valence-corrected chi connectivity index (χ3v) is 2.96. The van der Waals surface area contributed by atoms with Crippen LogP contribution in [0, 0.1) is 0 Å². The standard InChI is InChI=1S/C12H14N2O4S/c1-9(13)14-18-19(15,16)17-12-8-4-6-10-5-2-3-7-11(10)12/h2-9,14H,13H2,1H3. The lowest BCUT2D eigenvalue weighted by molar-refractivity contribution is 0.151. The molecule has 0 aliphatic carbocycles. The summed E-state index contributed by atoms with van der Waals surface area (Å²) in [6.07, 6.45) is -0.633. The average Bonchev–Trinajstić information content (AvgIpc) is 2.37. The average molecular weight is 282 g/mol. The summed E-state index contributed by atoms with van der Waals surface area (Å²) in [6.45, 7) is 1.54. The summed E-state index contributed by atoms with van der Waals surface area (Å²) >= 11 is 0. The van der Waals surface area contributed by atoms with E-state index in [9.17, 15) is 8.42 Å². The van der Waals surface area contributed by atoms with Gasteiger partial charge in [0, 0.05) is 5.39 Å². The highest BCUT2D eigenvalue weighted by Gasteiger charge is 2.16. The molecule has 0 aliphatic heterocycles. The number of hydroxylamine groups is 1. The van der Waals surface area contributed by atoms with Gasteiger partial charge in [0.15, 0.2) is 5.75 Å². The molecule has 0 spiro atoms. The van der Waals surface area contributed by atoms with Crippen molar-refractivity contribution >= 4 is 21.2 Å². The highest BCUT2D eigenvalue weighted by molar-refractivity contribution is 7.82. The molecular formula is C12H14N2O4S. The molecule has 0 saturated heterocycles. The Hall–Kier alpha value is -1.67. The molecular weight excluding hydrogens is 268 g/mol. The summed E-state index contributed by atoms with van der Waals surface area (Å²) in [5.41, 5.74) is 7.45. The van der Waals surface area contributed by atoms with Crippen molar-refractivity contribution in [3.63, 3.8) is 0 Å². The van der Waals surface area contributed by atoms with Crippen LogP contribution < -0.4 is 15.4 Å². The zero-order valence-corrected chi connectivity index (χ0v) is 11.1. The van der Waals surface area contributed by atoms with Gasteiger partial charge in [0.1, 0.15) is 0 Å². The molecule has 0 saturated carbocycles. The van der Waals surface area contributed by atoms with E-state index in [-0.39, 0.29) is 5.75 Å². The summed E-state index contributed by atoms with van der Waals surface area (Å²) in [4.78, 5) is 0. The molecule has 7 heteroatoms. The van der Waals surface area contributed by atoms with Crippen LogP contribution in [0.4, 0.5) is 0 Å². The first-order valence-corrected chi connectivity index (χ1v) is 6.93. The van der Waals surface area contributed by atoms with Crippen molar-refractivity contribution in [3.8, 4) is 5.75 Å². The minimum absolute atomic E-state index is 0.199. The fourth-order valence-electron chi connectivity index (χ4n) is 1.53. The SMILES string of the molecule is CC(N)NOS(=O)(=O)Oc1cccc2ccccc12. The number of benzene rings is 2. The Morgan fingerprint density at radius 1 is 1.16 bits per heavy atom. The minimum Gasteiger partial charge on any atom is -0.360 e. The van der Waals surface area contributed by atoms with Crippen LogP contribution in [0.1, 0.15) is 6.92 Å². The first-order chi connectivity index (χ1) is 8.98. The lowest BCUT2D eigenvalue weighted by atomic mass is 10.1. The maximum Gasteiger partial charge on any atom is 0.465 e. The Balaban J connectivity index is 2.26. The van der Waals surface area contributed by atoms with E-state index in [0.717, 1.165) is 5.39 Å². The third kappa shape index (κ3) is 3.65. The van der Waals surface area contributed by atoms with Gasteiger partial charge >= 0.3 is 10.4 Å². The molecule has 1 unspecified atom stereocenters. The fraction of sp³-hybridized carbons (Fsp3) is 0.167. The Labute approximate surface area is 111 Å². The smallest absolute Gasteiger partial charge is 0.360 e. The number of nitrogens with one attached hydrogen (secondary N) is 1. The van der Waals surface area contributed by atoms with Gasteiger partial charge in [-0.2, -0.15) is 13.9 Å². The van der Waals surface area contributed by atoms with Gasteiger partial charge in [-0.1, -0.05) is 36.4 Å². The molecule has 6 nitrogen and oxygen atoms in total. The molecule has 2 aromatic carbocycles. The molecule has 3 N–H and O–H groups in total. The van der Waals surface area contributed by atoms with E-state index in [1.54, 1.807) is 24.3 Å². The molecule has 102 valence electrons. The van der Waals surface area contributed by atoms with Gasteiger partial charge in [0.2, 0.25) is 0 Å². The Morgan fingerprint density at radius 3 is 2.58 bits per heavy atom.